The Morgan fingerprint density at radius 1 is 1.47 bits per heavy atom. The first-order valence-electron chi connectivity index (χ1n) is 5.14. The van der Waals surface area contributed by atoms with Crippen LogP contribution in [0.15, 0.2) is 29.6 Å². The van der Waals surface area contributed by atoms with Crippen LogP contribution in [0.2, 0.25) is 0 Å². The first-order chi connectivity index (χ1) is 7.34. The summed E-state index contributed by atoms with van der Waals surface area (Å²) in [5.74, 6) is 0.699. The van der Waals surface area contributed by atoms with Crippen molar-refractivity contribution in [3.63, 3.8) is 0 Å². The van der Waals surface area contributed by atoms with Gasteiger partial charge in [0.05, 0.1) is 10.9 Å². The van der Waals surface area contributed by atoms with Crippen molar-refractivity contribution in [2.24, 2.45) is 5.92 Å². The van der Waals surface area contributed by atoms with Crippen LogP contribution >= 0.6 is 0 Å². The Morgan fingerprint density at radius 3 is 3.13 bits per heavy atom. The third-order valence-corrected chi connectivity index (χ3v) is 2.80. The van der Waals surface area contributed by atoms with Crippen LogP contribution in [0.25, 0.3) is 10.9 Å². The Balaban J connectivity index is 2.15. The summed E-state index contributed by atoms with van der Waals surface area (Å²) in [4.78, 5) is 19.9. The number of rotatable bonds is 2. The summed E-state index contributed by atoms with van der Waals surface area (Å²) in [6, 6.07) is 1.88. The second-order valence-electron chi connectivity index (χ2n) is 4.04. The highest BCUT2D eigenvalue weighted by atomic mass is 16.1. The molecule has 76 valence electrons. The molecule has 0 saturated heterocycles. The topological polar surface area (TPSA) is 47.8 Å². The Labute approximate surface area is 86.6 Å². The van der Waals surface area contributed by atoms with Gasteiger partial charge in [-0.25, -0.2) is 9.97 Å². The van der Waals surface area contributed by atoms with Crippen molar-refractivity contribution in [1.82, 2.24) is 14.5 Å². The molecule has 0 bridgehead atoms. The van der Waals surface area contributed by atoms with Crippen LogP contribution in [0.3, 0.4) is 0 Å². The number of hydrogen-bond acceptors (Lipinski definition) is 3. The van der Waals surface area contributed by atoms with E-state index in [0.29, 0.717) is 11.3 Å². The van der Waals surface area contributed by atoms with E-state index in [1.807, 2.05) is 12.3 Å². The minimum absolute atomic E-state index is 0.0278. The molecule has 0 aliphatic heterocycles. The Bertz CT molecular complexity index is 557. The molecule has 1 fully saturated rings. The number of aromatic nitrogens is 3. The van der Waals surface area contributed by atoms with Crippen molar-refractivity contribution in [3.8, 4) is 0 Å². The predicted octanol–water partition coefficient (Wildman–Crippen LogP) is 1.20. The highest BCUT2D eigenvalue weighted by Crippen LogP contribution is 2.30. The second kappa shape index (κ2) is 3.15. The van der Waals surface area contributed by atoms with Crippen LogP contribution in [0.4, 0.5) is 0 Å². The van der Waals surface area contributed by atoms with Gasteiger partial charge in [0, 0.05) is 18.9 Å². The quantitative estimate of drug-likeness (QED) is 0.733. The van der Waals surface area contributed by atoms with Gasteiger partial charge in [-0.3, -0.25) is 4.79 Å². The van der Waals surface area contributed by atoms with E-state index in [4.69, 9.17) is 0 Å². The van der Waals surface area contributed by atoms with E-state index in [1.165, 1.54) is 19.2 Å². The van der Waals surface area contributed by atoms with Crippen LogP contribution in [-0.4, -0.2) is 14.5 Å². The lowest BCUT2D eigenvalue weighted by molar-refractivity contribution is 0.610. The normalized spacial score (nSPS) is 15.7. The van der Waals surface area contributed by atoms with Gasteiger partial charge < -0.3 is 4.57 Å². The molecular weight excluding hydrogens is 190 g/mol. The minimum Gasteiger partial charge on any atom is -0.315 e. The highest BCUT2D eigenvalue weighted by Gasteiger charge is 2.22. The molecule has 4 nitrogen and oxygen atoms in total. The summed E-state index contributed by atoms with van der Waals surface area (Å²) in [5.41, 5.74) is 0.752. The van der Waals surface area contributed by atoms with Crippen LogP contribution in [0.1, 0.15) is 12.8 Å². The lowest BCUT2D eigenvalue weighted by Gasteiger charge is -2.04. The van der Waals surface area contributed by atoms with Gasteiger partial charge in [0.2, 0.25) is 0 Å². The average molecular weight is 201 g/mol. The minimum atomic E-state index is 0.0278. The van der Waals surface area contributed by atoms with Crippen LogP contribution < -0.4 is 5.56 Å². The van der Waals surface area contributed by atoms with E-state index in [9.17, 15) is 4.79 Å². The monoisotopic (exact) mass is 201 g/mol. The predicted molar refractivity (Wildman–Crippen MR) is 56.5 cm³/mol. The van der Waals surface area contributed by atoms with Crippen molar-refractivity contribution in [2.75, 3.05) is 0 Å². The summed E-state index contributed by atoms with van der Waals surface area (Å²) >= 11 is 0. The number of hydrogen-bond donors (Lipinski definition) is 0. The summed E-state index contributed by atoms with van der Waals surface area (Å²) in [6.45, 7) is 0.837. The zero-order valence-electron chi connectivity index (χ0n) is 8.26. The molecule has 2 heterocycles. The molecule has 0 radical (unpaired) electrons. The van der Waals surface area contributed by atoms with Gasteiger partial charge >= 0.3 is 0 Å². The fourth-order valence-electron chi connectivity index (χ4n) is 1.74. The zero-order valence-corrected chi connectivity index (χ0v) is 8.26. The van der Waals surface area contributed by atoms with Gasteiger partial charge in [-0.15, -0.1) is 0 Å². The molecule has 0 unspecified atom stereocenters. The molecule has 1 aliphatic carbocycles. The van der Waals surface area contributed by atoms with E-state index < -0.39 is 0 Å². The maximum atomic E-state index is 12.0. The number of pyridine rings is 1. The molecule has 0 atom stereocenters. The van der Waals surface area contributed by atoms with Gasteiger partial charge in [0.15, 0.2) is 0 Å². The standard InChI is InChI=1S/C11H11N3O/c15-11-9-5-12-7-13-10(9)3-4-14(11)6-8-1-2-8/h3-5,7-8H,1-2,6H2. The summed E-state index contributed by atoms with van der Waals surface area (Å²) in [5, 5.41) is 0.612. The third-order valence-electron chi connectivity index (χ3n) is 2.80. The number of nitrogens with zero attached hydrogens (tertiary/aromatic N) is 3. The Kier molecular flexibility index (Phi) is 1.80. The highest BCUT2D eigenvalue weighted by molar-refractivity contribution is 5.75. The molecule has 0 N–H and O–H groups in total. The van der Waals surface area contributed by atoms with Crippen LogP contribution in [-0.2, 0) is 6.54 Å². The van der Waals surface area contributed by atoms with Gasteiger partial charge in [-0.1, -0.05) is 0 Å². The molecule has 1 saturated carbocycles. The molecule has 0 aromatic carbocycles. The number of fused-ring (bicyclic) bond motifs is 1. The van der Waals surface area contributed by atoms with E-state index in [2.05, 4.69) is 9.97 Å². The van der Waals surface area contributed by atoms with Gasteiger partial charge in [-0.2, -0.15) is 0 Å². The first kappa shape index (κ1) is 8.59. The average Bonchev–Trinajstić information content (AvgIpc) is 3.07. The van der Waals surface area contributed by atoms with Crippen molar-refractivity contribution < 1.29 is 0 Å². The fourth-order valence-corrected chi connectivity index (χ4v) is 1.74. The molecule has 0 spiro atoms. The van der Waals surface area contributed by atoms with Crippen molar-refractivity contribution >= 4 is 10.9 Å². The molecule has 2 aromatic heterocycles. The van der Waals surface area contributed by atoms with Crippen molar-refractivity contribution in [3.05, 3.63) is 35.1 Å². The summed E-state index contributed by atoms with van der Waals surface area (Å²) in [7, 11) is 0. The molecule has 0 amide bonds. The van der Waals surface area contributed by atoms with Crippen molar-refractivity contribution in [2.45, 2.75) is 19.4 Å². The lowest BCUT2D eigenvalue weighted by atomic mass is 10.3. The van der Waals surface area contributed by atoms with Gasteiger partial charge in [-0.05, 0) is 24.8 Å². The van der Waals surface area contributed by atoms with Crippen LogP contribution in [0.5, 0.6) is 0 Å². The molecular formula is C11H11N3O. The smallest absolute Gasteiger partial charge is 0.261 e. The summed E-state index contributed by atoms with van der Waals surface area (Å²) in [6.07, 6.45) is 7.38. The largest absolute Gasteiger partial charge is 0.315 e. The fraction of sp³-hybridized carbons (Fsp3) is 0.364. The van der Waals surface area contributed by atoms with Crippen LogP contribution in [0, 0.1) is 5.92 Å². The van der Waals surface area contributed by atoms with Crippen molar-refractivity contribution in [1.29, 1.82) is 0 Å². The van der Waals surface area contributed by atoms with Gasteiger partial charge in [0.25, 0.3) is 5.56 Å². The van der Waals surface area contributed by atoms with Gasteiger partial charge in [0.1, 0.15) is 6.33 Å². The SMILES string of the molecule is O=c1c2cncnc2ccn1CC1CC1. The molecule has 15 heavy (non-hydrogen) atoms. The Hall–Kier alpha value is -1.71. The maximum Gasteiger partial charge on any atom is 0.261 e. The molecule has 1 aliphatic rings. The van der Waals surface area contributed by atoms with E-state index in [-0.39, 0.29) is 5.56 Å². The van der Waals surface area contributed by atoms with E-state index in [0.717, 1.165) is 12.1 Å². The molecule has 4 heteroatoms. The Morgan fingerprint density at radius 2 is 2.33 bits per heavy atom. The lowest BCUT2D eigenvalue weighted by Crippen LogP contribution is -2.20. The van der Waals surface area contributed by atoms with E-state index in [1.54, 1.807) is 10.8 Å². The van der Waals surface area contributed by atoms with E-state index >= 15 is 0 Å². The maximum absolute atomic E-state index is 12.0. The zero-order chi connectivity index (χ0) is 10.3. The third kappa shape index (κ3) is 1.52. The molecule has 2 aromatic rings. The molecule has 3 rings (SSSR count). The second-order valence-corrected chi connectivity index (χ2v) is 4.04. The summed E-state index contributed by atoms with van der Waals surface area (Å²) < 4.78 is 1.77. The first-order valence-corrected chi connectivity index (χ1v) is 5.14.